The normalized spacial score (nSPS) is 10.4. The van der Waals surface area contributed by atoms with E-state index < -0.39 is 0 Å². The van der Waals surface area contributed by atoms with Gasteiger partial charge in [-0.05, 0) is 24.6 Å². The number of aryl methyl sites for hydroxylation is 1. The van der Waals surface area contributed by atoms with Crippen LogP contribution in [0.3, 0.4) is 0 Å². The molecule has 0 spiro atoms. The Kier molecular flexibility index (Phi) is 3.72. The molecule has 0 aliphatic heterocycles. The van der Waals surface area contributed by atoms with Gasteiger partial charge in [-0.2, -0.15) is 0 Å². The molecule has 0 atom stereocenters. The van der Waals surface area contributed by atoms with E-state index in [0.29, 0.717) is 16.3 Å². The molecule has 2 aromatic rings. The molecule has 1 aromatic carbocycles. The van der Waals surface area contributed by atoms with Gasteiger partial charge in [-0.15, -0.1) is 11.3 Å². The largest absolute Gasteiger partial charge is 0.469 e. The Morgan fingerprint density at radius 2 is 2.28 bits per heavy atom. The van der Waals surface area contributed by atoms with Crippen molar-refractivity contribution in [2.75, 3.05) is 7.11 Å². The van der Waals surface area contributed by atoms with Crippen LogP contribution in [0, 0.1) is 12.7 Å². The van der Waals surface area contributed by atoms with Gasteiger partial charge in [0.05, 0.1) is 19.2 Å². The fourth-order valence-corrected chi connectivity index (χ4v) is 2.37. The van der Waals surface area contributed by atoms with E-state index in [2.05, 4.69) is 9.72 Å². The van der Waals surface area contributed by atoms with Gasteiger partial charge < -0.3 is 4.74 Å². The molecule has 0 bridgehead atoms. The standard InChI is InChI=1S/C13H12FNO2S/c1-8-3-4-10(11(14)5-8)13-15-9(7-18-13)6-12(16)17-2/h3-5,7H,6H2,1-2H3. The van der Waals surface area contributed by atoms with Crippen molar-refractivity contribution in [1.29, 1.82) is 0 Å². The Morgan fingerprint density at radius 3 is 2.94 bits per heavy atom. The second-order valence-corrected chi connectivity index (χ2v) is 4.74. The molecule has 0 radical (unpaired) electrons. The summed E-state index contributed by atoms with van der Waals surface area (Å²) in [5.41, 5.74) is 1.92. The minimum Gasteiger partial charge on any atom is -0.469 e. The smallest absolute Gasteiger partial charge is 0.311 e. The number of ether oxygens (including phenoxy) is 1. The molecular formula is C13H12FNO2S. The third-order valence-electron chi connectivity index (χ3n) is 2.46. The van der Waals surface area contributed by atoms with Crippen molar-refractivity contribution in [3.8, 4) is 10.6 Å². The lowest BCUT2D eigenvalue weighted by Crippen LogP contribution is -2.04. The van der Waals surface area contributed by atoms with Crippen molar-refractivity contribution in [1.82, 2.24) is 4.98 Å². The Labute approximate surface area is 108 Å². The van der Waals surface area contributed by atoms with Gasteiger partial charge in [0.15, 0.2) is 0 Å². The lowest BCUT2D eigenvalue weighted by Gasteiger charge is -2.00. The second-order valence-electron chi connectivity index (χ2n) is 3.88. The number of methoxy groups -OCH3 is 1. The van der Waals surface area contributed by atoms with Gasteiger partial charge in [-0.1, -0.05) is 6.07 Å². The molecule has 0 amide bonds. The summed E-state index contributed by atoms with van der Waals surface area (Å²) >= 11 is 1.32. The predicted octanol–water partition coefficient (Wildman–Crippen LogP) is 2.97. The fraction of sp³-hybridized carbons (Fsp3) is 0.231. The van der Waals surface area contributed by atoms with Gasteiger partial charge >= 0.3 is 5.97 Å². The summed E-state index contributed by atoms with van der Waals surface area (Å²) in [6.07, 6.45) is 0.112. The maximum absolute atomic E-state index is 13.7. The number of hydrogen-bond acceptors (Lipinski definition) is 4. The van der Waals surface area contributed by atoms with E-state index in [4.69, 9.17) is 0 Å². The molecule has 18 heavy (non-hydrogen) atoms. The van der Waals surface area contributed by atoms with Gasteiger partial charge in [0, 0.05) is 10.9 Å². The summed E-state index contributed by atoms with van der Waals surface area (Å²) in [5, 5.41) is 2.32. The van der Waals surface area contributed by atoms with Crippen LogP contribution < -0.4 is 0 Å². The molecule has 3 nitrogen and oxygen atoms in total. The summed E-state index contributed by atoms with van der Waals surface area (Å²) in [4.78, 5) is 15.3. The van der Waals surface area contributed by atoms with Crippen molar-refractivity contribution >= 4 is 17.3 Å². The zero-order chi connectivity index (χ0) is 13.1. The molecule has 1 heterocycles. The van der Waals surface area contributed by atoms with Crippen molar-refractivity contribution in [2.45, 2.75) is 13.3 Å². The zero-order valence-electron chi connectivity index (χ0n) is 10.1. The second kappa shape index (κ2) is 5.27. The number of carbonyl (C=O) groups excluding carboxylic acids is 1. The molecule has 2 rings (SSSR count). The Morgan fingerprint density at radius 1 is 1.50 bits per heavy atom. The van der Waals surface area contributed by atoms with E-state index >= 15 is 0 Å². The third kappa shape index (κ3) is 2.73. The van der Waals surface area contributed by atoms with E-state index in [1.165, 1.54) is 24.5 Å². The lowest BCUT2D eigenvalue weighted by molar-refractivity contribution is -0.139. The predicted molar refractivity (Wildman–Crippen MR) is 68.0 cm³/mol. The topological polar surface area (TPSA) is 39.2 Å². The van der Waals surface area contributed by atoms with E-state index in [-0.39, 0.29) is 18.2 Å². The van der Waals surface area contributed by atoms with Crippen molar-refractivity contribution in [3.05, 3.63) is 40.7 Å². The van der Waals surface area contributed by atoms with Gasteiger partial charge in [0.25, 0.3) is 0 Å². The van der Waals surface area contributed by atoms with Crippen molar-refractivity contribution < 1.29 is 13.9 Å². The highest BCUT2D eigenvalue weighted by Crippen LogP contribution is 2.27. The van der Waals surface area contributed by atoms with Gasteiger partial charge in [-0.3, -0.25) is 4.79 Å². The first-order chi connectivity index (χ1) is 8.60. The molecule has 0 unspecified atom stereocenters. The number of halogens is 1. The Hall–Kier alpha value is -1.75. The van der Waals surface area contributed by atoms with Crippen LogP contribution in [0.5, 0.6) is 0 Å². The minimum atomic E-state index is -0.351. The number of carbonyl (C=O) groups is 1. The highest BCUT2D eigenvalue weighted by Gasteiger charge is 2.12. The van der Waals surface area contributed by atoms with Crippen LogP contribution in [0.4, 0.5) is 4.39 Å². The van der Waals surface area contributed by atoms with E-state index in [1.807, 2.05) is 13.0 Å². The van der Waals surface area contributed by atoms with E-state index in [9.17, 15) is 9.18 Å². The Bertz CT molecular complexity index is 580. The highest BCUT2D eigenvalue weighted by atomic mass is 32.1. The molecule has 0 saturated heterocycles. The highest BCUT2D eigenvalue weighted by molar-refractivity contribution is 7.13. The number of nitrogens with zero attached hydrogens (tertiary/aromatic N) is 1. The Balaban J connectivity index is 2.26. The van der Waals surface area contributed by atoms with Crippen LogP contribution in [0.2, 0.25) is 0 Å². The first-order valence-corrected chi connectivity index (χ1v) is 6.26. The number of thiazole rings is 1. The zero-order valence-corrected chi connectivity index (χ0v) is 10.9. The molecule has 94 valence electrons. The third-order valence-corrected chi connectivity index (χ3v) is 3.38. The molecule has 0 saturated carbocycles. The lowest BCUT2D eigenvalue weighted by atomic mass is 10.1. The number of hydrogen-bond donors (Lipinski definition) is 0. The summed E-state index contributed by atoms with van der Waals surface area (Å²) in [5.74, 6) is -0.648. The number of aromatic nitrogens is 1. The van der Waals surface area contributed by atoms with Crippen LogP contribution in [0.1, 0.15) is 11.3 Å². The van der Waals surface area contributed by atoms with Gasteiger partial charge in [-0.25, -0.2) is 9.37 Å². The quantitative estimate of drug-likeness (QED) is 0.801. The van der Waals surface area contributed by atoms with Crippen LogP contribution in [0.25, 0.3) is 10.6 Å². The van der Waals surface area contributed by atoms with Gasteiger partial charge in [0.1, 0.15) is 10.8 Å². The number of benzene rings is 1. The molecule has 0 N–H and O–H groups in total. The summed E-state index contributed by atoms with van der Waals surface area (Å²) in [6, 6.07) is 5.00. The first-order valence-electron chi connectivity index (χ1n) is 5.38. The van der Waals surface area contributed by atoms with Crippen LogP contribution in [-0.2, 0) is 16.0 Å². The fourth-order valence-electron chi connectivity index (χ4n) is 1.53. The molecule has 0 aliphatic rings. The maximum Gasteiger partial charge on any atom is 0.311 e. The molecular weight excluding hydrogens is 253 g/mol. The average Bonchev–Trinajstić information content (AvgIpc) is 2.77. The number of esters is 1. The molecule has 0 fully saturated rings. The summed E-state index contributed by atoms with van der Waals surface area (Å²) in [6.45, 7) is 1.83. The van der Waals surface area contributed by atoms with Crippen molar-refractivity contribution in [2.24, 2.45) is 0 Å². The average molecular weight is 265 g/mol. The van der Waals surface area contributed by atoms with E-state index in [0.717, 1.165) is 5.56 Å². The monoisotopic (exact) mass is 265 g/mol. The van der Waals surface area contributed by atoms with Crippen LogP contribution >= 0.6 is 11.3 Å². The van der Waals surface area contributed by atoms with Crippen molar-refractivity contribution in [3.63, 3.8) is 0 Å². The molecule has 0 aliphatic carbocycles. The first kappa shape index (κ1) is 12.7. The summed E-state index contributed by atoms with van der Waals surface area (Å²) < 4.78 is 18.3. The minimum absolute atomic E-state index is 0.112. The van der Waals surface area contributed by atoms with Gasteiger partial charge in [0.2, 0.25) is 0 Å². The van der Waals surface area contributed by atoms with Crippen LogP contribution in [-0.4, -0.2) is 18.1 Å². The van der Waals surface area contributed by atoms with Crippen LogP contribution in [0.15, 0.2) is 23.6 Å². The summed E-state index contributed by atoms with van der Waals surface area (Å²) in [7, 11) is 1.33. The van der Waals surface area contributed by atoms with E-state index in [1.54, 1.807) is 11.4 Å². The molecule has 1 aromatic heterocycles. The maximum atomic E-state index is 13.7. The SMILES string of the molecule is COC(=O)Cc1csc(-c2ccc(C)cc2F)n1. The molecule has 5 heteroatoms. The number of rotatable bonds is 3.